The van der Waals surface area contributed by atoms with Crippen molar-refractivity contribution < 1.29 is 4.79 Å². The first-order valence-electron chi connectivity index (χ1n) is 6.96. The molecule has 0 saturated carbocycles. The van der Waals surface area contributed by atoms with Gasteiger partial charge in [-0.25, -0.2) is 15.0 Å². The summed E-state index contributed by atoms with van der Waals surface area (Å²) in [6.45, 7) is 2.15. The van der Waals surface area contributed by atoms with E-state index in [0.717, 1.165) is 16.7 Å². The molecule has 3 rings (SSSR count). The van der Waals surface area contributed by atoms with E-state index in [4.69, 9.17) is 5.73 Å². The normalized spacial score (nSPS) is 21.6. The number of carbonyl (C=O) groups is 1. The highest BCUT2D eigenvalue weighted by atomic mass is 16.2. The second kappa shape index (κ2) is 5.22. The van der Waals surface area contributed by atoms with Crippen LogP contribution in [-0.4, -0.2) is 40.2 Å². The van der Waals surface area contributed by atoms with Crippen LogP contribution in [0.15, 0.2) is 48.0 Å². The minimum absolute atomic E-state index is 0.0665. The molecule has 2 N–H and O–H groups in total. The van der Waals surface area contributed by atoms with E-state index >= 15 is 0 Å². The van der Waals surface area contributed by atoms with Crippen molar-refractivity contribution in [1.82, 2.24) is 14.9 Å². The Morgan fingerprint density at radius 3 is 2.68 bits per heavy atom. The van der Waals surface area contributed by atoms with E-state index in [-0.39, 0.29) is 5.91 Å². The van der Waals surface area contributed by atoms with Gasteiger partial charge in [-0.15, -0.1) is 0 Å². The molecule has 22 heavy (non-hydrogen) atoms. The molecule has 2 aromatic rings. The van der Waals surface area contributed by atoms with Crippen molar-refractivity contribution >= 4 is 11.7 Å². The van der Waals surface area contributed by atoms with Gasteiger partial charge in [0.1, 0.15) is 12.2 Å². The fourth-order valence-electron chi connectivity index (χ4n) is 2.69. The monoisotopic (exact) mass is 295 g/mol. The standard InChI is InChI=1S/C16H17N5O/c1-16(15(22)21(2)9-14(17)20-16)13-5-3-4-11(6-13)12-7-18-10-19-8-12/h3-8,10H,9H2,1-2H3,(H2,17,20). The third-order valence-corrected chi connectivity index (χ3v) is 3.85. The number of hydrogen-bond acceptors (Lipinski definition) is 5. The van der Waals surface area contributed by atoms with Crippen molar-refractivity contribution in [2.75, 3.05) is 13.6 Å². The Labute approximate surface area is 128 Å². The van der Waals surface area contributed by atoms with Crippen LogP contribution in [0, 0.1) is 0 Å². The zero-order valence-corrected chi connectivity index (χ0v) is 12.5. The maximum atomic E-state index is 12.6. The lowest BCUT2D eigenvalue weighted by molar-refractivity contribution is -0.135. The summed E-state index contributed by atoms with van der Waals surface area (Å²) in [6, 6.07) is 7.68. The van der Waals surface area contributed by atoms with Crippen molar-refractivity contribution in [1.29, 1.82) is 0 Å². The number of rotatable bonds is 2. The van der Waals surface area contributed by atoms with Gasteiger partial charge in [0.2, 0.25) is 0 Å². The van der Waals surface area contributed by atoms with Crippen molar-refractivity contribution in [3.63, 3.8) is 0 Å². The Kier molecular flexibility index (Phi) is 3.36. The second-order valence-electron chi connectivity index (χ2n) is 5.54. The van der Waals surface area contributed by atoms with Gasteiger partial charge in [0.05, 0.1) is 6.54 Å². The van der Waals surface area contributed by atoms with Crippen molar-refractivity contribution in [2.45, 2.75) is 12.5 Å². The van der Waals surface area contributed by atoms with E-state index in [2.05, 4.69) is 15.0 Å². The molecule has 0 aliphatic carbocycles. The third-order valence-electron chi connectivity index (χ3n) is 3.85. The van der Waals surface area contributed by atoms with Crippen LogP contribution in [0.1, 0.15) is 12.5 Å². The summed E-state index contributed by atoms with van der Waals surface area (Å²) in [5.41, 5.74) is 7.52. The predicted octanol–water partition coefficient (Wildman–Crippen LogP) is 1.19. The van der Waals surface area contributed by atoms with Crippen LogP contribution in [0.3, 0.4) is 0 Å². The number of aromatic nitrogens is 2. The maximum absolute atomic E-state index is 12.6. The molecule has 1 unspecified atom stereocenters. The summed E-state index contributed by atoms with van der Waals surface area (Å²) in [6.07, 6.45) is 4.96. The first-order chi connectivity index (χ1) is 10.5. The molecule has 1 atom stereocenters. The maximum Gasteiger partial charge on any atom is 0.255 e. The molecule has 0 bridgehead atoms. The molecule has 0 radical (unpaired) electrons. The van der Waals surface area contributed by atoms with Gasteiger partial charge in [-0.05, 0) is 24.1 Å². The highest BCUT2D eigenvalue weighted by Crippen LogP contribution is 2.32. The summed E-state index contributed by atoms with van der Waals surface area (Å²) in [4.78, 5) is 26.7. The van der Waals surface area contributed by atoms with Crippen molar-refractivity contribution in [2.24, 2.45) is 10.7 Å². The molecule has 1 aromatic carbocycles. The summed E-state index contributed by atoms with van der Waals surface area (Å²) >= 11 is 0. The minimum Gasteiger partial charge on any atom is -0.386 e. The van der Waals surface area contributed by atoms with Gasteiger partial charge in [0.15, 0.2) is 5.54 Å². The van der Waals surface area contributed by atoms with Crippen molar-refractivity contribution in [3.8, 4) is 11.1 Å². The van der Waals surface area contributed by atoms with E-state index in [1.807, 2.05) is 24.3 Å². The predicted molar refractivity (Wildman–Crippen MR) is 84.1 cm³/mol. The number of hydrogen-bond donors (Lipinski definition) is 1. The summed E-state index contributed by atoms with van der Waals surface area (Å²) in [7, 11) is 1.73. The van der Waals surface area contributed by atoms with E-state index in [9.17, 15) is 4.79 Å². The number of benzene rings is 1. The molecule has 0 spiro atoms. The average Bonchev–Trinajstić information content (AvgIpc) is 2.53. The molecule has 6 nitrogen and oxygen atoms in total. The highest BCUT2D eigenvalue weighted by molar-refractivity contribution is 5.98. The Balaban J connectivity index is 2.09. The second-order valence-corrected chi connectivity index (χ2v) is 5.54. The van der Waals surface area contributed by atoms with Crippen LogP contribution in [0.4, 0.5) is 0 Å². The number of nitrogens with two attached hydrogens (primary N) is 1. The highest BCUT2D eigenvalue weighted by Gasteiger charge is 2.40. The average molecular weight is 295 g/mol. The lowest BCUT2D eigenvalue weighted by atomic mass is 9.88. The summed E-state index contributed by atoms with van der Waals surface area (Å²) in [5.74, 6) is 0.390. The molecule has 112 valence electrons. The fourth-order valence-corrected chi connectivity index (χ4v) is 2.69. The van der Waals surface area contributed by atoms with Gasteiger partial charge in [-0.3, -0.25) is 4.79 Å². The zero-order valence-electron chi connectivity index (χ0n) is 12.5. The Morgan fingerprint density at radius 2 is 1.95 bits per heavy atom. The van der Waals surface area contributed by atoms with E-state index < -0.39 is 5.54 Å². The van der Waals surface area contributed by atoms with Crippen LogP contribution < -0.4 is 5.73 Å². The number of amidine groups is 1. The smallest absolute Gasteiger partial charge is 0.255 e. The minimum atomic E-state index is -0.997. The number of amides is 1. The Hall–Kier alpha value is -2.76. The van der Waals surface area contributed by atoms with Gasteiger partial charge in [0.25, 0.3) is 5.91 Å². The lowest BCUT2D eigenvalue weighted by Gasteiger charge is -2.34. The summed E-state index contributed by atoms with van der Waals surface area (Å²) < 4.78 is 0. The number of likely N-dealkylation sites (N-methyl/N-ethyl adjacent to an activating group) is 1. The van der Waals surface area contributed by atoms with Crippen LogP contribution in [0.5, 0.6) is 0 Å². The Morgan fingerprint density at radius 1 is 1.23 bits per heavy atom. The fraction of sp³-hybridized carbons (Fsp3) is 0.250. The zero-order chi connectivity index (χ0) is 15.7. The SMILES string of the molecule is CN1CC(N)=NC(C)(c2cccc(-c3cncnc3)c2)C1=O. The topological polar surface area (TPSA) is 84.5 Å². The molecule has 1 aromatic heterocycles. The molecule has 1 aliphatic rings. The van der Waals surface area contributed by atoms with E-state index in [0.29, 0.717) is 12.4 Å². The molecule has 1 amide bonds. The first kappa shape index (κ1) is 14.2. The number of aliphatic imine (C=N–C) groups is 1. The van der Waals surface area contributed by atoms with Gasteiger partial charge in [-0.2, -0.15) is 0 Å². The quantitative estimate of drug-likeness (QED) is 0.902. The van der Waals surface area contributed by atoms with Gasteiger partial charge >= 0.3 is 0 Å². The van der Waals surface area contributed by atoms with Gasteiger partial charge in [0, 0.05) is 25.0 Å². The molecule has 1 aliphatic heterocycles. The molecular formula is C16H17N5O. The summed E-state index contributed by atoms with van der Waals surface area (Å²) in [5, 5.41) is 0. The van der Waals surface area contributed by atoms with Crippen LogP contribution in [0.25, 0.3) is 11.1 Å². The first-order valence-corrected chi connectivity index (χ1v) is 6.96. The molecule has 2 heterocycles. The van der Waals surface area contributed by atoms with Crippen LogP contribution >= 0.6 is 0 Å². The third kappa shape index (κ3) is 2.32. The van der Waals surface area contributed by atoms with Crippen LogP contribution in [0.2, 0.25) is 0 Å². The van der Waals surface area contributed by atoms with Crippen molar-refractivity contribution in [3.05, 3.63) is 48.5 Å². The van der Waals surface area contributed by atoms with E-state index in [1.165, 1.54) is 6.33 Å². The molecule has 6 heteroatoms. The molecule has 0 saturated heterocycles. The number of carbonyl (C=O) groups excluding carboxylic acids is 1. The Bertz CT molecular complexity index is 743. The van der Waals surface area contributed by atoms with Gasteiger partial charge < -0.3 is 10.6 Å². The van der Waals surface area contributed by atoms with Crippen LogP contribution in [-0.2, 0) is 10.3 Å². The molecular weight excluding hydrogens is 278 g/mol. The number of nitrogens with zero attached hydrogens (tertiary/aromatic N) is 4. The lowest BCUT2D eigenvalue weighted by Crippen LogP contribution is -2.51. The molecule has 0 fully saturated rings. The van der Waals surface area contributed by atoms with E-state index in [1.54, 1.807) is 31.3 Å². The largest absolute Gasteiger partial charge is 0.386 e. The van der Waals surface area contributed by atoms with Gasteiger partial charge in [-0.1, -0.05) is 18.2 Å².